The lowest BCUT2D eigenvalue weighted by Crippen LogP contribution is -2.64. The van der Waals surface area contributed by atoms with E-state index in [1.807, 2.05) is 12.1 Å². The zero-order valence-electron chi connectivity index (χ0n) is 13.9. The van der Waals surface area contributed by atoms with Crippen LogP contribution in [-0.4, -0.2) is 47.8 Å². The zero-order valence-corrected chi connectivity index (χ0v) is 13.9. The smallest absolute Gasteiger partial charge is 0.308 e. The molecule has 1 unspecified atom stereocenters. The Hall–Kier alpha value is -1.85. The fourth-order valence-corrected chi connectivity index (χ4v) is 5.46. The molecular formula is C19H21NO4. The molecule has 1 fully saturated rings. The Morgan fingerprint density at radius 1 is 1.42 bits per heavy atom. The van der Waals surface area contributed by atoms with E-state index in [0.29, 0.717) is 23.5 Å². The van der Waals surface area contributed by atoms with E-state index in [0.717, 1.165) is 19.4 Å². The predicted molar refractivity (Wildman–Crippen MR) is 87.2 cm³/mol. The molecule has 0 aromatic heterocycles. The van der Waals surface area contributed by atoms with Crippen molar-refractivity contribution in [2.45, 2.75) is 43.4 Å². The second kappa shape index (κ2) is 4.61. The van der Waals surface area contributed by atoms with Gasteiger partial charge in [-0.25, -0.2) is 0 Å². The highest BCUT2D eigenvalue weighted by atomic mass is 16.6. The molecule has 2 heterocycles. The van der Waals surface area contributed by atoms with Gasteiger partial charge in [-0.2, -0.15) is 0 Å². The third-order valence-corrected chi connectivity index (χ3v) is 6.39. The Morgan fingerprint density at radius 2 is 2.25 bits per heavy atom. The van der Waals surface area contributed by atoms with Gasteiger partial charge in [-0.1, -0.05) is 18.2 Å². The van der Waals surface area contributed by atoms with Crippen molar-refractivity contribution < 1.29 is 19.4 Å². The molecule has 126 valence electrons. The molecule has 24 heavy (non-hydrogen) atoms. The largest absolute Gasteiger partial charge is 0.482 e. The summed E-state index contributed by atoms with van der Waals surface area (Å²) in [6, 6.07) is 4.32. The number of hydrogen-bond donors (Lipinski definition) is 1. The quantitative estimate of drug-likeness (QED) is 0.480. The van der Waals surface area contributed by atoms with Gasteiger partial charge in [0.05, 0.1) is 0 Å². The maximum Gasteiger partial charge on any atom is 0.308 e. The molecule has 5 atom stereocenters. The van der Waals surface area contributed by atoms with Crippen molar-refractivity contribution >= 4 is 5.97 Å². The molecule has 1 saturated heterocycles. The molecule has 2 aliphatic carbocycles. The molecular weight excluding hydrogens is 306 g/mol. The van der Waals surface area contributed by atoms with Gasteiger partial charge < -0.3 is 19.5 Å². The van der Waals surface area contributed by atoms with Gasteiger partial charge in [0, 0.05) is 29.9 Å². The van der Waals surface area contributed by atoms with Crippen LogP contribution in [0.3, 0.4) is 0 Å². The van der Waals surface area contributed by atoms with Crippen LogP contribution in [0.4, 0.5) is 0 Å². The summed E-state index contributed by atoms with van der Waals surface area (Å²) in [5.41, 5.74) is 2.23. The minimum atomic E-state index is -0.631. The van der Waals surface area contributed by atoms with E-state index in [1.165, 1.54) is 18.1 Å². The molecule has 1 aromatic rings. The van der Waals surface area contributed by atoms with Crippen LogP contribution in [-0.2, 0) is 16.6 Å². The minimum Gasteiger partial charge on any atom is -0.482 e. The van der Waals surface area contributed by atoms with Crippen molar-refractivity contribution in [1.29, 1.82) is 0 Å². The van der Waals surface area contributed by atoms with Crippen molar-refractivity contribution in [3.63, 3.8) is 0 Å². The molecule has 0 saturated carbocycles. The van der Waals surface area contributed by atoms with Crippen molar-refractivity contribution in [1.82, 2.24) is 4.90 Å². The Kier molecular flexibility index (Phi) is 2.78. The van der Waals surface area contributed by atoms with Crippen molar-refractivity contribution in [3.8, 4) is 11.5 Å². The maximum absolute atomic E-state index is 11.5. The third-order valence-electron chi connectivity index (χ3n) is 6.39. The van der Waals surface area contributed by atoms with E-state index >= 15 is 0 Å². The number of rotatable bonds is 1. The number of piperidine rings is 1. The van der Waals surface area contributed by atoms with Gasteiger partial charge in [0.1, 0.15) is 12.2 Å². The van der Waals surface area contributed by atoms with Crippen LogP contribution >= 0.6 is 0 Å². The second-order valence-electron chi connectivity index (χ2n) is 7.50. The molecule has 5 heteroatoms. The molecule has 5 nitrogen and oxygen atoms in total. The first-order valence-electron chi connectivity index (χ1n) is 8.60. The number of aliphatic hydroxyl groups is 1. The summed E-state index contributed by atoms with van der Waals surface area (Å²) in [5.74, 6) is 1.12. The highest BCUT2D eigenvalue weighted by Gasteiger charge is 2.64. The molecule has 2 bridgehead atoms. The Bertz CT molecular complexity index is 773. The fourth-order valence-electron chi connectivity index (χ4n) is 5.46. The number of carbonyl (C=O) groups is 1. The standard InChI is InChI=1S/C19H21NO4/c1-10(21)23-15-6-3-11-9-13-12-4-5-14(22)18-19(12,7-8-20(13)2)16(11)17(15)24-18/h3-6,12-14,18,22H,7-9H2,1-2H3/t12-,13+,14?,18-,19-/m0/s1. The van der Waals surface area contributed by atoms with Gasteiger partial charge >= 0.3 is 5.97 Å². The lowest BCUT2D eigenvalue weighted by Gasteiger charge is -2.56. The Labute approximate surface area is 140 Å². The van der Waals surface area contributed by atoms with E-state index in [9.17, 15) is 9.90 Å². The average molecular weight is 327 g/mol. The zero-order chi connectivity index (χ0) is 16.6. The van der Waals surface area contributed by atoms with Gasteiger partial charge in [0.15, 0.2) is 11.5 Å². The van der Waals surface area contributed by atoms with E-state index in [-0.39, 0.29) is 17.5 Å². The first kappa shape index (κ1) is 14.5. The lowest BCUT2D eigenvalue weighted by molar-refractivity contribution is -0.132. The van der Waals surface area contributed by atoms with Crippen LogP contribution in [0.25, 0.3) is 0 Å². The van der Waals surface area contributed by atoms with E-state index in [4.69, 9.17) is 9.47 Å². The van der Waals surface area contributed by atoms with Crippen molar-refractivity contribution in [3.05, 3.63) is 35.4 Å². The molecule has 2 aliphatic heterocycles. The summed E-state index contributed by atoms with van der Waals surface area (Å²) < 4.78 is 11.7. The maximum atomic E-state index is 11.5. The van der Waals surface area contributed by atoms with Crippen LogP contribution in [0.1, 0.15) is 24.5 Å². The third kappa shape index (κ3) is 1.59. The van der Waals surface area contributed by atoms with Crippen LogP contribution < -0.4 is 9.47 Å². The second-order valence-corrected chi connectivity index (χ2v) is 7.50. The topological polar surface area (TPSA) is 59.0 Å². The lowest BCUT2D eigenvalue weighted by atomic mass is 9.53. The monoisotopic (exact) mass is 327 g/mol. The Morgan fingerprint density at radius 3 is 3.04 bits per heavy atom. The van der Waals surface area contributed by atoms with Gasteiger partial charge in [-0.05, 0) is 38.1 Å². The highest BCUT2D eigenvalue weighted by molar-refractivity contribution is 5.72. The Balaban J connectivity index is 1.76. The number of ether oxygens (including phenoxy) is 2. The summed E-state index contributed by atoms with van der Waals surface area (Å²) in [6.45, 7) is 2.38. The summed E-state index contributed by atoms with van der Waals surface area (Å²) in [4.78, 5) is 13.9. The number of esters is 1. The van der Waals surface area contributed by atoms with Gasteiger partial charge in [-0.3, -0.25) is 4.79 Å². The first-order chi connectivity index (χ1) is 11.5. The number of aliphatic hydroxyl groups excluding tert-OH is 1. The fraction of sp³-hybridized carbons (Fsp3) is 0.526. The number of hydrogen-bond acceptors (Lipinski definition) is 5. The van der Waals surface area contributed by atoms with E-state index in [2.05, 4.69) is 24.1 Å². The van der Waals surface area contributed by atoms with Gasteiger partial charge in [-0.15, -0.1) is 0 Å². The van der Waals surface area contributed by atoms with Gasteiger partial charge in [0.25, 0.3) is 0 Å². The summed E-state index contributed by atoms with van der Waals surface area (Å²) in [6.07, 6.45) is 5.04. The normalized spacial score (nSPS) is 38.5. The number of nitrogens with zero attached hydrogens (tertiary/aromatic N) is 1. The van der Waals surface area contributed by atoms with E-state index in [1.54, 1.807) is 0 Å². The predicted octanol–water partition coefficient (Wildman–Crippen LogP) is 1.42. The van der Waals surface area contributed by atoms with Gasteiger partial charge in [0.2, 0.25) is 0 Å². The van der Waals surface area contributed by atoms with Crippen LogP contribution in [0.15, 0.2) is 24.3 Å². The van der Waals surface area contributed by atoms with Crippen LogP contribution in [0.2, 0.25) is 0 Å². The highest BCUT2D eigenvalue weighted by Crippen LogP contribution is 2.62. The first-order valence-corrected chi connectivity index (χ1v) is 8.60. The molecule has 1 N–H and O–H groups in total. The SMILES string of the molecule is CC(=O)Oc1ccc2c3c1O[C@H]1C(O)C=C[C@H]4[C@@H](C2)N(C)CC[C@]314. The summed E-state index contributed by atoms with van der Waals surface area (Å²) in [7, 11) is 2.18. The number of likely N-dealkylation sites (N-methyl/N-ethyl adjacent to an activating group) is 1. The number of likely N-dealkylation sites (tertiary alicyclic amines) is 1. The number of carbonyl (C=O) groups excluding carboxylic acids is 1. The van der Waals surface area contributed by atoms with E-state index < -0.39 is 6.10 Å². The molecule has 5 rings (SSSR count). The van der Waals surface area contributed by atoms with Crippen LogP contribution in [0, 0.1) is 5.92 Å². The average Bonchev–Trinajstić information content (AvgIpc) is 2.89. The van der Waals surface area contributed by atoms with Crippen molar-refractivity contribution in [2.24, 2.45) is 5.92 Å². The summed E-state index contributed by atoms with van der Waals surface area (Å²) >= 11 is 0. The van der Waals surface area contributed by atoms with Crippen molar-refractivity contribution in [2.75, 3.05) is 13.6 Å². The molecule has 4 aliphatic rings. The van der Waals surface area contributed by atoms with Crippen LogP contribution in [0.5, 0.6) is 11.5 Å². The minimum absolute atomic E-state index is 0.204. The number of benzene rings is 1. The molecule has 1 spiro atoms. The molecule has 0 radical (unpaired) electrons. The molecule has 1 aromatic carbocycles. The molecule has 0 amide bonds. The summed E-state index contributed by atoms with van der Waals surface area (Å²) in [5, 5.41) is 10.6.